The molecule has 0 fully saturated rings. The van der Waals surface area contributed by atoms with Crippen LogP contribution in [0.5, 0.6) is 0 Å². The summed E-state index contributed by atoms with van der Waals surface area (Å²) in [5, 5.41) is -0.306. The van der Waals surface area contributed by atoms with Crippen LogP contribution in [-0.2, 0) is 0 Å². The summed E-state index contributed by atoms with van der Waals surface area (Å²) < 4.78 is 0. The molecular formula is H2BCl2P. The van der Waals surface area contributed by atoms with Crippen LogP contribution in [0, 0.1) is 0 Å². The Hall–Kier alpha value is 1.07. The Balaban J connectivity index is 2.32. The maximum Gasteiger partial charge on any atom is 0.370 e. The summed E-state index contributed by atoms with van der Waals surface area (Å²) >= 11 is 10.0. The van der Waals surface area contributed by atoms with Gasteiger partial charge in [0.1, 0.15) is 0 Å². The van der Waals surface area contributed by atoms with Crippen LogP contribution in [0.15, 0.2) is 0 Å². The van der Waals surface area contributed by atoms with E-state index >= 15 is 0 Å². The van der Waals surface area contributed by atoms with Gasteiger partial charge < -0.3 is 0 Å². The first-order chi connectivity index (χ1) is 1.73. The minimum Gasteiger partial charge on any atom is -0.165 e. The smallest absolute Gasteiger partial charge is 0.165 e. The lowest BCUT2D eigenvalue weighted by Gasteiger charge is -1.64. The van der Waals surface area contributed by atoms with Gasteiger partial charge in [0.05, 0.1) is 0 Å². The van der Waals surface area contributed by atoms with Gasteiger partial charge in [0.15, 0.2) is 0 Å². The van der Waals surface area contributed by atoms with E-state index in [0.29, 0.717) is 0 Å². The molecule has 0 aromatic rings. The van der Waals surface area contributed by atoms with Gasteiger partial charge in [-0.3, -0.25) is 0 Å². The number of hydrogen-bond acceptors (Lipinski definition) is 0. The van der Waals surface area contributed by atoms with E-state index in [1.54, 1.807) is 0 Å². The molecule has 0 nitrogen and oxygen atoms in total. The summed E-state index contributed by atoms with van der Waals surface area (Å²) in [6.07, 6.45) is 0. The van der Waals surface area contributed by atoms with Gasteiger partial charge in [0.25, 0.3) is 0 Å². The van der Waals surface area contributed by atoms with Gasteiger partial charge in [-0.1, -0.05) is 0 Å². The molecule has 1 unspecified atom stereocenters. The molecule has 4 heteroatoms. The van der Waals surface area contributed by atoms with Crippen LogP contribution in [0.4, 0.5) is 0 Å². The zero-order valence-corrected chi connectivity index (χ0v) is 4.58. The highest BCUT2D eigenvalue weighted by Gasteiger charge is 1.86. The lowest BCUT2D eigenvalue weighted by molar-refractivity contribution is 4.19. The van der Waals surface area contributed by atoms with E-state index in [1.165, 1.54) is 0 Å². The van der Waals surface area contributed by atoms with Crippen molar-refractivity contribution >= 4 is 37.3 Å². The van der Waals surface area contributed by atoms with Crippen LogP contribution >= 0.6 is 32.0 Å². The van der Waals surface area contributed by atoms with Crippen molar-refractivity contribution in [1.29, 1.82) is 0 Å². The summed E-state index contributed by atoms with van der Waals surface area (Å²) in [6.45, 7) is 0. The molecule has 0 N–H and O–H groups in total. The predicted octanol–water partition coefficient (Wildman–Crippen LogP) is 1.32. The lowest BCUT2D eigenvalue weighted by atomic mass is 10.7. The van der Waals surface area contributed by atoms with Crippen LogP contribution in [-0.4, -0.2) is 5.26 Å². The summed E-state index contributed by atoms with van der Waals surface area (Å²) in [5.74, 6) is 0. The second-order valence-corrected chi connectivity index (χ2v) is 3.01. The Bertz CT molecular complexity index is 10.8. The molecule has 0 saturated carbocycles. The van der Waals surface area contributed by atoms with Crippen molar-refractivity contribution in [2.24, 2.45) is 0 Å². The molecule has 0 amide bonds. The third-order valence-electron chi connectivity index (χ3n) is 0. The summed E-state index contributed by atoms with van der Waals surface area (Å²) in [6, 6.07) is 0. The van der Waals surface area contributed by atoms with Gasteiger partial charge in [-0.2, -0.15) is 22.9 Å². The molecule has 0 aliphatic carbocycles. The van der Waals surface area contributed by atoms with E-state index in [2.05, 4.69) is 9.12 Å². The maximum absolute atomic E-state index is 5.00. The van der Waals surface area contributed by atoms with Crippen molar-refractivity contribution in [2.45, 2.75) is 0 Å². The van der Waals surface area contributed by atoms with Gasteiger partial charge in [0.2, 0.25) is 0 Å². The van der Waals surface area contributed by atoms with Crippen molar-refractivity contribution in [1.82, 2.24) is 0 Å². The Morgan fingerprint density at radius 1 is 1.50 bits per heavy atom. The first-order valence-corrected chi connectivity index (χ1v) is 2.31. The highest BCUT2D eigenvalue weighted by molar-refractivity contribution is 7.84. The predicted molar refractivity (Wildman–Crippen MR) is 27.2 cm³/mol. The maximum atomic E-state index is 5.00. The molecule has 0 rings (SSSR count). The Kier molecular flexibility index (Phi) is 2.94. The third kappa shape index (κ3) is 11.5. The fourth-order valence-corrected chi connectivity index (χ4v) is 0. The van der Waals surface area contributed by atoms with Gasteiger partial charge in [-0.15, -0.1) is 9.12 Å². The fraction of sp³-hybridized carbons (Fsp3) is 0. The van der Waals surface area contributed by atoms with E-state index in [9.17, 15) is 0 Å². The zero-order chi connectivity index (χ0) is 3.58. The molecule has 0 saturated heterocycles. The highest BCUT2D eigenvalue weighted by Crippen LogP contribution is 2.01. The number of halogens is 2. The molecular weight excluding hydrogens is 113 g/mol. The molecule has 4 heavy (non-hydrogen) atoms. The van der Waals surface area contributed by atoms with Crippen LogP contribution in [0.2, 0.25) is 0 Å². The molecule has 0 radical (unpaired) electrons. The molecule has 0 aliphatic rings. The fourth-order valence-electron chi connectivity index (χ4n) is 0. The average Bonchev–Trinajstić information content (AvgIpc) is 0.811. The van der Waals surface area contributed by atoms with Crippen LogP contribution in [0.1, 0.15) is 0 Å². The van der Waals surface area contributed by atoms with Crippen molar-refractivity contribution in [2.75, 3.05) is 0 Å². The zero-order valence-electron chi connectivity index (χ0n) is 1.91. The molecule has 0 heterocycles. The second kappa shape index (κ2) is 2.32. The van der Waals surface area contributed by atoms with E-state index in [1.807, 2.05) is 0 Å². The Morgan fingerprint density at radius 3 is 1.50 bits per heavy atom. The SMILES string of the molecule is PB(Cl)Cl. The molecule has 0 aromatic carbocycles. The summed E-state index contributed by atoms with van der Waals surface area (Å²) in [4.78, 5) is 0. The molecule has 0 spiro atoms. The van der Waals surface area contributed by atoms with Crippen molar-refractivity contribution in [3.8, 4) is 0 Å². The number of hydrogen-bond donors (Lipinski definition) is 0. The van der Waals surface area contributed by atoms with Crippen molar-refractivity contribution < 1.29 is 0 Å². The summed E-state index contributed by atoms with van der Waals surface area (Å²) in [5.41, 5.74) is 0. The van der Waals surface area contributed by atoms with Gasteiger partial charge >= 0.3 is 5.26 Å². The highest BCUT2D eigenvalue weighted by atomic mass is 35.5. The first-order valence-electron chi connectivity index (χ1n) is 0.770. The van der Waals surface area contributed by atoms with Crippen LogP contribution in [0.3, 0.4) is 0 Å². The largest absolute Gasteiger partial charge is 0.370 e. The molecule has 0 aliphatic heterocycles. The Morgan fingerprint density at radius 2 is 1.50 bits per heavy atom. The minimum absolute atomic E-state index is 0.306. The molecule has 1 atom stereocenters. The topological polar surface area (TPSA) is 0 Å². The van der Waals surface area contributed by atoms with E-state index < -0.39 is 0 Å². The lowest BCUT2D eigenvalue weighted by Crippen LogP contribution is -1.64. The minimum atomic E-state index is -0.306. The summed E-state index contributed by atoms with van der Waals surface area (Å²) in [7, 11) is 2.19. The average molecular weight is 115 g/mol. The van der Waals surface area contributed by atoms with Gasteiger partial charge in [-0.25, -0.2) is 0 Å². The van der Waals surface area contributed by atoms with Crippen molar-refractivity contribution in [3.05, 3.63) is 0 Å². The van der Waals surface area contributed by atoms with Crippen LogP contribution < -0.4 is 0 Å². The number of rotatable bonds is 0. The van der Waals surface area contributed by atoms with E-state index in [4.69, 9.17) is 22.9 Å². The standard InChI is InChI=1S/BCl2H2P/c2-1(3)4/h4H2. The normalized spacial score (nSPS) is 6.75. The molecule has 24 valence electrons. The second-order valence-electron chi connectivity index (χ2n) is 0.334. The van der Waals surface area contributed by atoms with Gasteiger partial charge in [-0.05, 0) is 0 Å². The van der Waals surface area contributed by atoms with E-state index in [0.717, 1.165) is 0 Å². The first kappa shape index (κ1) is 5.07. The quantitative estimate of drug-likeness (QED) is 0.329. The Labute approximate surface area is 37.9 Å². The van der Waals surface area contributed by atoms with Gasteiger partial charge in [0, 0.05) is 0 Å². The van der Waals surface area contributed by atoms with Crippen LogP contribution in [0.25, 0.3) is 0 Å². The monoisotopic (exact) mass is 114 g/mol. The van der Waals surface area contributed by atoms with E-state index in [-0.39, 0.29) is 5.26 Å². The third-order valence-corrected chi connectivity index (χ3v) is 0. The molecule has 0 bridgehead atoms. The molecule has 0 aromatic heterocycles. The van der Waals surface area contributed by atoms with Crippen molar-refractivity contribution in [3.63, 3.8) is 0 Å².